The summed E-state index contributed by atoms with van der Waals surface area (Å²) in [5.74, 6) is -1.05. The Labute approximate surface area is 115 Å². The number of nitrogen functional groups attached to an aromatic ring is 2. The average Bonchev–Trinajstić information content (AvgIpc) is 2.38. The first-order valence-corrected chi connectivity index (χ1v) is 5.84. The van der Waals surface area contributed by atoms with Crippen LogP contribution >= 0.6 is 0 Å². The summed E-state index contributed by atoms with van der Waals surface area (Å²) in [6, 6.07) is 11.1. The number of nitrogens with two attached hydrogens (primary N) is 3. The molecule has 0 radical (unpaired) electrons. The highest BCUT2D eigenvalue weighted by Gasteiger charge is 2.13. The second-order valence-corrected chi connectivity index (χ2v) is 4.21. The van der Waals surface area contributed by atoms with Crippen molar-refractivity contribution < 1.29 is 9.59 Å². The predicted octanol–water partition coefficient (Wildman–Crippen LogP) is 1.20. The van der Waals surface area contributed by atoms with Crippen LogP contribution in [-0.2, 0) is 0 Å². The van der Waals surface area contributed by atoms with E-state index >= 15 is 0 Å². The van der Waals surface area contributed by atoms with Crippen molar-refractivity contribution in [3.05, 3.63) is 53.6 Å². The number of para-hydroxylation sites is 1. The Morgan fingerprint density at radius 3 is 2.30 bits per heavy atom. The number of carbonyl (C=O) groups excluding carboxylic acids is 2. The molecular formula is C14H14N4O2. The predicted molar refractivity (Wildman–Crippen MR) is 78.2 cm³/mol. The third kappa shape index (κ3) is 2.69. The molecule has 0 aliphatic rings. The minimum atomic E-state index is -0.619. The molecule has 6 heteroatoms. The summed E-state index contributed by atoms with van der Waals surface area (Å²) in [5.41, 5.74) is 18.1. The fourth-order valence-electron chi connectivity index (χ4n) is 1.78. The van der Waals surface area contributed by atoms with Gasteiger partial charge >= 0.3 is 0 Å². The van der Waals surface area contributed by atoms with E-state index in [1.165, 1.54) is 18.2 Å². The summed E-state index contributed by atoms with van der Waals surface area (Å²) in [6.07, 6.45) is 0. The van der Waals surface area contributed by atoms with Gasteiger partial charge in [0.1, 0.15) is 0 Å². The van der Waals surface area contributed by atoms with Crippen LogP contribution in [0.5, 0.6) is 0 Å². The van der Waals surface area contributed by atoms with Crippen molar-refractivity contribution in [1.29, 1.82) is 0 Å². The zero-order chi connectivity index (χ0) is 14.7. The van der Waals surface area contributed by atoms with Crippen LogP contribution in [0, 0.1) is 0 Å². The van der Waals surface area contributed by atoms with E-state index in [0.29, 0.717) is 11.4 Å². The molecule has 2 aromatic carbocycles. The lowest BCUT2D eigenvalue weighted by Crippen LogP contribution is -2.19. The first kappa shape index (κ1) is 13.4. The molecule has 0 unspecified atom stereocenters. The Bertz CT molecular complexity index is 683. The molecule has 0 aliphatic carbocycles. The molecule has 6 nitrogen and oxygen atoms in total. The maximum atomic E-state index is 12.1. The Morgan fingerprint density at radius 1 is 0.950 bits per heavy atom. The molecule has 20 heavy (non-hydrogen) atoms. The number of primary amides is 1. The van der Waals surface area contributed by atoms with E-state index in [1.807, 2.05) is 0 Å². The lowest BCUT2D eigenvalue weighted by atomic mass is 10.1. The zero-order valence-electron chi connectivity index (χ0n) is 10.6. The van der Waals surface area contributed by atoms with Gasteiger partial charge in [-0.2, -0.15) is 0 Å². The Kier molecular flexibility index (Phi) is 3.56. The van der Waals surface area contributed by atoms with Gasteiger partial charge in [0.2, 0.25) is 0 Å². The van der Waals surface area contributed by atoms with E-state index in [2.05, 4.69) is 5.32 Å². The minimum Gasteiger partial charge on any atom is -0.399 e. The first-order chi connectivity index (χ1) is 9.49. The molecule has 0 fully saturated rings. The smallest absolute Gasteiger partial charge is 0.257 e. The monoisotopic (exact) mass is 270 g/mol. The van der Waals surface area contributed by atoms with Crippen LogP contribution in [0.15, 0.2) is 42.5 Å². The van der Waals surface area contributed by atoms with Crippen LogP contribution < -0.4 is 22.5 Å². The second kappa shape index (κ2) is 5.31. The number of carbonyl (C=O) groups is 2. The fraction of sp³-hybridized carbons (Fsp3) is 0. The largest absolute Gasteiger partial charge is 0.399 e. The van der Waals surface area contributed by atoms with Crippen LogP contribution in [0.25, 0.3) is 0 Å². The van der Waals surface area contributed by atoms with Crippen molar-refractivity contribution in [2.75, 3.05) is 16.8 Å². The van der Waals surface area contributed by atoms with Crippen LogP contribution in [0.1, 0.15) is 20.7 Å². The van der Waals surface area contributed by atoms with Gasteiger partial charge in [0.05, 0.1) is 16.8 Å². The molecule has 0 saturated carbocycles. The first-order valence-electron chi connectivity index (χ1n) is 5.84. The minimum absolute atomic E-state index is 0.231. The third-order valence-corrected chi connectivity index (χ3v) is 2.76. The number of rotatable bonds is 3. The van der Waals surface area contributed by atoms with Gasteiger partial charge in [0.25, 0.3) is 11.8 Å². The summed E-state index contributed by atoms with van der Waals surface area (Å²) in [5, 5.41) is 2.61. The van der Waals surface area contributed by atoms with Gasteiger partial charge in [-0.3, -0.25) is 9.59 Å². The fourth-order valence-corrected chi connectivity index (χ4v) is 1.78. The van der Waals surface area contributed by atoms with Gasteiger partial charge in [-0.15, -0.1) is 0 Å². The van der Waals surface area contributed by atoms with Gasteiger partial charge in [-0.25, -0.2) is 0 Å². The molecule has 2 aromatic rings. The highest BCUT2D eigenvalue weighted by atomic mass is 16.2. The van der Waals surface area contributed by atoms with Gasteiger partial charge in [-0.05, 0) is 30.3 Å². The van der Waals surface area contributed by atoms with Crippen LogP contribution in [0.3, 0.4) is 0 Å². The Hall–Kier alpha value is -3.02. The molecule has 102 valence electrons. The second-order valence-electron chi connectivity index (χ2n) is 4.21. The number of amides is 2. The lowest BCUT2D eigenvalue weighted by molar-refractivity contribution is 0.100. The number of hydrogen-bond donors (Lipinski definition) is 4. The van der Waals surface area contributed by atoms with Crippen molar-refractivity contribution in [1.82, 2.24) is 0 Å². The maximum absolute atomic E-state index is 12.1. The Balaban J connectivity index is 2.30. The lowest BCUT2D eigenvalue weighted by Gasteiger charge is -2.10. The molecule has 0 spiro atoms. The van der Waals surface area contributed by atoms with Gasteiger partial charge in [-0.1, -0.05) is 12.1 Å². The molecule has 0 bridgehead atoms. The van der Waals surface area contributed by atoms with E-state index in [1.54, 1.807) is 24.3 Å². The van der Waals surface area contributed by atoms with Gasteiger partial charge < -0.3 is 22.5 Å². The molecule has 0 atom stereocenters. The molecule has 2 amide bonds. The summed E-state index contributed by atoms with van der Waals surface area (Å²) in [6.45, 7) is 0. The van der Waals surface area contributed by atoms with E-state index in [0.717, 1.165) is 0 Å². The summed E-state index contributed by atoms with van der Waals surface area (Å²) < 4.78 is 0. The normalized spacial score (nSPS) is 10.0. The third-order valence-electron chi connectivity index (χ3n) is 2.76. The quantitative estimate of drug-likeness (QED) is 0.625. The molecular weight excluding hydrogens is 256 g/mol. The summed E-state index contributed by atoms with van der Waals surface area (Å²) in [7, 11) is 0. The molecule has 0 aromatic heterocycles. The molecule has 0 heterocycles. The molecule has 2 rings (SSSR count). The number of nitrogens with one attached hydrogen (secondary N) is 1. The van der Waals surface area contributed by atoms with Crippen LogP contribution in [-0.4, -0.2) is 11.8 Å². The van der Waals surface area contributed by atoms with E-state index in [-0.39, 0.29) is 16.8 Å². The van der Waals surface area contributed by atoms with E-state index in [4.69, 9.17) is 17.2 Å². The van der Waals surface area contributed by atoms with Gasteiger partial charge in [0.15, 0.2) is 0 Å². The van der Waals surface area contributed by atoms with Crippen molar-refractivity contribution in [2.45, 2.75) is 0 Å². The SMILES string of the molecule is NC(=O)c1ccccc1NC(=O)c1ccc(N)cc1N. The zero-order valence-corrected chi connectivity index (χ0v) is 10.6. The Morgan fingerprint density at radius 2 is 1.65 bits per heavy atom. The van der Waals surface area contributed by atoms with Crippen LogP contribution in [0.2, 0.25) is 0 Å². The molecule has 7 N–H and O–H groups in total. The maximum Gasteiger partial charge on any atom is 0.257 e. The van der Waals surface area contributed by atoms with E-state index < -0.39 is 11.8 Å². The highest BCUT2D eigenvalue weighted by Crippen LogP contribution is 2.19. The summed E-state index contributed by atoms with van der Waals surface area (Å²) in [4.78, 5) is 23.4. The average molecular weight is 270 g/mol. The number of benzene rings is 2. The molecule has 0 saturated heterocycles. The van der Waals surface area contributed by atoms with Crippen LogP contribution in [0.4, 0.5) is 17.1 Å². The van der Waals surface area contributed by atoms with Crippen molar-refractivity contribution in [3.63, 3.8) is 0 Å². The number of hydrogen-bond acceptors (Lipinski definition) is 4. The molecule has 0 aliphatic heterocycles. The highest BCUT2D eigenvalue weighted by molar-refractivity contribution is 6.11. The van der Waals surface area contributed by atoms with Crippen molar-refractivity contribution in [2.24, 2.45) is 5.73 Å². The topological polar surface area (TPSA) is 124 Å². The van der Waals surface area contributed by atoms with Gasteiger partial charge in [0, 0.05) is 11.4 Å². The standard InChI is InChI=1S/C14H14N4O2/c15-8-5-6-9(11(16)7-8)14(20)18-12-4-2-1-3-10(12)13(17)19/h1-7H,15-16H2,(H2,17,19)(H,18,20). The number of anilines is 3. The van der Waals surface area contributed by atoms with Crippen molar-refractivity contribution in [3.8, 4) is 0 Å². The van der Waals surface area contributed by atoms with Crippen molar-refractivity contribution >= 4 is 28.9 Å². The van der Waals surface area contributed by atoms with E-state index in [9.17, 15) is 9.59 Å². The summed E-state index contributed by atoms with van der Waals surface area (Å²) >= 11 is 0.